The topological polar surface area (TPSA) is 16.3 Å². The smallest absolute Gasteiger partial charge is 0.0788 e. The number of anilines is 5. The van der Waals surface area contributed by atoms with Crippen molar-refractivity contribution in [2.75, 3.05) is 9.80 Å². The number of hydrogen-bond acceptors (Lipinski definition) is 2. The highest BCUT2D eigenvalue weighted by molar-refractivity contribution is 6.24. The Labute approximate surface area is 380 Å². The van der Waals surface area contributed by atoms with Gasteiger partial charge in [-0.15, -0.1) is 0 Å². The fourth-order valence-corrected chi connectivity index (χ4v) is 12.0. The van der Waals surface area contributed by atoms with Crippen molar-refractivity contribution < 1.29 is 0 Å². The molecular weight excluding hydrogens is 789 g/mol. The Morgan fingerprint density at radius 3 is 1.38 bits per heavy atom. The summed E-state index contributed by atoms with van der Waals surface area (Å²) in [4.78, 5) is 5.03. The van der Waals surface area contributed by atoms with E-state index < -0.39 is 0 Å². The first kappa shape index (κ1) is 37.9. The average Bonchev–Trinajstić information content (AvgIpc) is 3.86. The molecule has 2 aromatic heterocycles. The van der Waals surface area contributed by atoms with Gasteiger partial charge in [-0.1, -0.05) is 162 Å². The lowest BCUT2D eigenvalue weighted by Gasteiger charge is -2.46. The summed E-state index contributed by atoms with van der Waals surface area (Å²) in [5.74, 6) is 0.379. The molecule has 65 heavy (non-hydrogen) atoms. The summed E-state index contributed by atoms with van der Waals surface area (Å²) in [5, 5.41) is 4.95. The van der Waals surface area contributed by atoms with Gasteiger partial charge in [0.2, 0.25) is 0 Å². The molecule has 4 heterocycles. The molecule has 1 aliphatic carbocycles. The number of rotatable bonds is 4. The predicted molar refractivity (Wildman–Crippen MR) is 273 cm³/mol. The molecule has 8 aromatic carbocycles. The van der Waals surface area contributed by atoms with Crippen molar-refractivity contribution in [2.24, 2.45) is 5.92 Å². The minimum absolute atomic E-state index is 0.105. The third-order valence-corrected chi connectivity index (χ3v) is 15.0. The molecule has 2 aliphatic heterocycles. The van der Waals surface area contributed by atoms with Crippen molar-refractivity contribution in [3.8, 4) is 11.4 Å². The fourth-order valence-electron chi connectivity index (χ4n) is 12.0. The highest BCUT2D eigenvalue weighted by Gasteiger charge is 2.41. The summed E-state index contributed by atoms with van der Waals surface area (Å²) in [6.45, 7) is 11.9. The SMILES string of the molecule is CC1CC=CC2=C1N(c1cccc(-n3c4ccccc4c4ccc5c6ccccc6n(-c6cccc(N7c8ccccc8C(C)(C)c8ccccc87)c6)c5c43)c1)c1ccccc1C2(C)C. The van der Waals surface area contributed by atoms with Crippen LogP contribution < -0.4 is 9.80 Å². The van der Waals surface area contributed by atoms with Crippen LogP contribution in [0.5, 0.6) is 0 Å². The van der Waals surface area contributed by atoms with Gasteiger partial charge < -0.3 is 18.9 Å². The van der Waals surface area contributed by atoms with Gasteiger partial charge in [-0.05, 0) is 95.4 Å². The minimum Gasteiger partial charge on any atom is -0.313 e. The first-order chi connectivity index (χ1) is 31.7. The molecule has 1 atom stereocenters. The van der Waals surface area contributed by atoms with Crippen molar-refractivity contribution in [2.45, 2.75) is 51.9 Å². The van der Waals surface area contributed by atoms with E-state index in [0.717, 1.165) is 23.5 Å². The molecule has 0 N–H and O–H groups in total. The van der Waals surface area contributed by atoms with Crippen LogP contribution in [0.4, 0.5) is 28.4 Å². The summed E-state index contributed by atoms with van der Waals surface area (Å²) in [7, 11) is 0. The molecule has 4 nitrogen and oxygen atoms in total. The Balaban J connectivity index is 1.07. The number of nitrogens with zero attached hydrogens (tertiary/aromatic N) is 4. The van der Waals surface area contributed by atoms with Crippen LogP contribution in [0.2, 0.25) is 0 Å². The van der Waals surface area contributed by atoms with Crippen LogP contribution in [0, 0.1) is 5.92 Å². The normalized spacial score (nSPS) is 17.2. The second kappa shape index (κ2) is 13.7. The molecule has 0 saturated carbocycles. The highest BCUT2D eigenvalue weighted by Crippen LogP contribution is 2.54. The van der Waals surface area contributed by atoms with Crippen molar-refractivity contribution in [1.82, 2.24) is 9.13 Å². The maximum absolute atomic E-state index is 2.57. The molecule has 1 unspecified atom stereocenters. The van der Waals surface area contributed by atoms with Gasteiger partial charge in [0.25, 0.3) is 0 Å². The first-order valence-corrected chi connectivity index (χ1v) is 23.2. The standard InChI is InChI=1S/C61H50N4/c1-39-19-16-29-51-57(39)65(56-34-15-10-28-50(56)61(51,4)5)43-23-18-22-42(38-43)64-53-31-12-7-25-45(53)47-36-35-46-44-24-6-11-30-52(44)63(58(46)59(47)64)41-21-17-20-40(37-41)62-54-32-13-8-26-48(54)60(2,3)49-27-9-14-33-55(49)62/h6-18,20-39H,19H2,1-5H3. The van der Waals surface area contributed by atoms with E-state index in [1.165, 1.54) is 94.3 Å². The zero-order valence-electron chi connectivity index (χ0n) is 37.5. The van der Waals surface area contributed by atoms with Crippen LogP contribution in [0.3, 0.4) is 0 Å². The Bertz CT molecular complexity index is 3630. The molecular formula is C61H50N4. The van der Waals surface area contributed by atoms with Crippen LogP contribution >= 0.6 is 0 Å². The molecule has 0 saturated heterocycles. The van der Waals surface area contributed by atoms with Crippen LogP contribution in [0.1, 0.15) is 57.7 Å². The van der Waals surface area contributed by atoms with Gasteiger partial charge in [0, 0.05) is 72.4 Å². The number of para-hydroxylation sites is 5. The molecule has 0 amide bonds. The number of aromatic nitrogens is 2. The lowest BCUT2D eigenvalue weighted by atomic mass is 9.69. The first-order valence-electron chi connectivity index (χ1n) is 23.2. The van der Waals surface area contributed by atoms with Gasteiger partial charge >= 0.3 is 0 Å². The number of benzene rings is 8. The van der Waals surface area contributed by atoms with E-state index in [4.69, 9.17) is 0 Å². The number of hydrogen-bond donors (Lipinski definition) is 0. The van der Waals surface area contributed by atoms with Gasteiger partial charge in [-0.25, -0.2) is 0 Å². The van der Waals surface area contributed by atoms with E-state index in [9.17, 15) is 0 Å². The van der Waals surface area contributed by atoms with Crippen LogP contribution in [-0.2, 0) is 10.8 Å². The fraction of sp³-hybridized carbons (Fsp3) is 0.148. The summed E-state index contributed by atoms with van der Waals surface area (Å²) in [6.07, 6.45) is 5.79. The van der Waals surface area contributed by atoms with Crippen molar-refractivity contribution in [3.05, 3.63) is 222 Å². The summed E-state index contributed by atoms with van der Waals surface area (Å²) in [5.41, 5.74) is 19.6. The molecule has 10 aromatic rings. The van der Waals surface area contributed by atoms with Gasteiger partial charge in [-0.2, -0.15) is 0 Å². The number of fused-ring (bicyclic) bond motifs is 10. The van der Waals surface area contributed by atoms with Gasteiger partial charge in [0.15, 0.2) is 0 Å². The second-order valence-corrected chi connectivity index (χ2v) is 19.4. The third-order valence-electron chi connectivity index (χ3n) is 15.0. The second-order valence-electron chi connectivity index (χ2n) is 19.4. The zero-order valence-corrected chi connectivity index (χ0v) is 37.5. The molecule has 0 bridgehead atoms. The van der Waals surface area contributed by atoms with Gasteiger partial charge in [0.1, 0.15) is 0 Å². The van der Waals surface area contributed by atoms with Crippen molar-refractivity contribution in [1.29, 1.82) is 0 Å². The van der Waals surface area contributed by atoms with E-state index in [2.05, 4.69) is 248 Å². The summed E-state index contributed by atoms with van der Waals surface area (Å²) in [6, 6.07) is 67.9. The van der Waals surface area contributed by atoms with Crippen LogP contribution in [0.25, 0.3) is 55.0 Å². The molecule has 13 rings (SSSR count). The molecule has 0 radical (unpaired) electrons. The quantitative estimate of drug-likeness (QED) is 0.176. The Hall–Kier alpha value is -7.56. The third kappa shape index (κ3) is 5.25. The largest absolute Gasteiger partial charge is 0.313 e. The van der Waals surface area contributed by atoms with Crippen molar-refractivity contribution >= 4 is 72.0 Å². The van der Waals surface area contributed by atoms with Crippen LogP contribution in [0.15, 0.2) is 205 Å². The molecule has 4 heteroatoms. The highest BCUT2D eigenvalue weighted by atomic mass is 15.2. The summed E-state index contributed by atoms with van der Waals surface area (Å²) >= 11 is 0. The molecule has 0 fully saturated rings. The van der Waals surface area contributed by atoms with E-state index in [1.54, 1.807) is 0 Å². The van der Waals surface area contributed by atoms with E-state index in [0.29, 0.717) is 5.92 Å². The summed E-state index contributed by atoms with van der Waals surface area (Å²) < 4.78 is 5.06. The zero-order chi connectivity index (χ0) is 43.8. The van der Waals surface area contributed by atoms with Crippen molar-refractivity contribution in [3.63, 3.8) is 0 Å². The van der Waals surface area contributed by atoms with E-state index in [-0.39, 0.29) is 10.8 Å². The lowest BCUT2D eigenvalue weighted by Crippen LogP contribution is -2.37. The maximum atomic E-state index is 2.57. The van der Waals surface area contributed by atoms with E-state index in [1.807, 2.05) is 0 Å². The molecule has 314 valence electrons. The van der Waals surface area contributed by atoms with Crippen LogP contribution in [-0.4, -0.2) is 9.13 Å². The Morgan fingerprint density at radius 2 is 0.846 bits per heavy atom. The average molecular weight is 839 g/mol. The monoisotopic (exact) mass is 838 g/mol. The van der Waals surface area contributed by atoms with Gasteiger partial charge in [-0.3, -0.25) is 0 Å². The van der Waals surface area contributed by atoms with Gasteiger partial charge in [0.05, 0.1) is 33.4 Å². The molecule has 0 spiro atoms. The predicted octanol–water partition coefficient (Wildman–Crippen LogP) is 16.3. The number of allylic oxidation sites excluding steroid dienone is 4. The minimum atomic E-state index is -0.136. The molecule has 3 aliphatic rings. The van der Waals surface area contributed by atoms with E-state index >= 15 is 0 Å². The Morgan fingerprint density at radius 1 is 0.415 bits per heavy atom. The Kier molecular flexibility index (Phi) is 8.01. The lowest BCUT2D eigenvalue weighted by molar-refractivity contribution is 0.561. The maximum Gasteiger partial charge on any atom is 0.0788 e.